The zero-order valence-corrected chi connectivity index (χ0v) is 18.0. The highest BCUT2D eigenvalue weighted by molar-refractivity contribution is 14.0. The van der Waals surface area contributed by atoms with E-state index in [9.17, 15) is 0 Å². The van der Waals surface area contributed by atoms with Crippen molar-refractivity contribution in [1.29, 1.82) is 0 Å². The summed E-state index contributed by atoms with van der Waals surface area (Å²) in [6.45, 7) is 1.82. The summed E-state index contributed by atoms with van der Waals surface area (Å²) in [7, 11) is 3.22. The molecule has 0 aliphatic carbocycles. The Morgan fingerprint density at radius 2 is 1.81 bits per heavy atom. The van der Waals surface area contributed by atoms with E-state index < -0.39 is 0 Å². The second kappa shape index (κ2) is 13.0. The number of nitrogens with zero attached hydrogens (tertiary/aromatic N) is 2. The maximum Gasteiger partial charge on any atom is 0.188 e. The molecule has 148 valence electrons. The lowest BCUT2D eigenvalue weighted by atomic mass is 10.3. The van der Waals surface area contributed by atoms with Gasteiger partial charge in [0.15, 0.2) is 5.96 Å². The Balaban J connectivity index is 0.00000364. The van der Waals surface area contributed by atoms with Crippen LogP contribution in [0.4, 0.5) is 0 Å². The molecule has 0 saturated heterocycles. The quantitative estimate of drug-likeness (QED) is 0.232. The minimum atomic E-state index is 0. The van der Waals surface area contributed by atoms with Crippen molar-refractivity contribution in [2.75, 3.05) is 33.9 Å². The molecule has 0 aliphatic rings. The molecule has 0 amide bonds. The van der Waals surface area contributed by atoms with Gasteiger partial charge in [0.2, 0.25) is 0 Å². The number of rotatable bonds is 10. The monoisotopic (exact) mass is 486 g/mol. The number of hydrogen-bond acceptors (Lipinski definition) is 5. The predicted octanol–water partition coefficient (Wildman–Crippen LogP) is 2.63. The molecule has 0 spiro atoms. The van der Waals surface area contributed by atoms with Crippen LogP contribution in [0.5, 0.6) is 17.2 Å². The third-order valence-corrected chi connectivity index (χ3v) is 3.59. The molecule has 3 N–H and O–H groups in total. The molecule has 0 atom stereocenters. The molecule has 8 heteroatoms. The van der Waals surface area contributed by atoms with Crippen LogP contribution in [-0.2, 0) is 6.42 Å². The van der Waals surface area contributed by atoms with Crippen molar-refractivity contribution in [2.24, 2.45) is 10.7 Å². The number of aliphatic imine (C=N–C) groups is 1. The van der Waals surface area contributed by atoms with Crippen LogP contribution in [0, 0.1) is 0 Å². The Bertz CT molecular complexity index is 676. The summed E-state index contributed by atoms with van der Waals surface area (Å²) in [6, 6.07) is 11.3. The number of methoxy groups -OCH3 is 2. The third-order valence-electron chi connectivity index (χ3n) is 3.59. The van der Waals surface area contributed by atoms with Crippen LogP contribution in [0.3, 0.4) is 0 Å². The maximum atomic E-state index is 5.85. The molecule has 0 radical (unpaired) electrons. The van der Waals surface area contributed by atoms with Crippen molar-refractivity contribution < 1.29 is 14.2 Å². The highest BCUT2D eigenvalue weighted by atomic mass is 127. The van der Waals surface area contributed by atoms with Crippen LogP contribution >= 0.6 is 24.0 Å². The topological polar surface area (TPSA) is 91.0 Å². The summed E-state index contributed by atoms with van der Waals surface area (Å²) in [6.07, 6.45) is 3.34. The summed E-state index contributed by atoms with van der Waals surface area (Å²) in [5.74, 6) is 2.52. The first-order valence-electron chi connectivity index (χ1n) is 8.51. The van der Waals surface area contributed by atoms with E-state index in [2.05, 4.69) is 15.3 Å². The molecule has 1 heterocycles. The highest BCUT2D eigenvalue weighted by Gasteiger charge is 2.02. The number of halogens is 1. The molecule has 1 aromatic carbocycles. The molecule has 1 aromatic heterocycles. The summed E-state index contributed by atoms with van der Waals surface area (Å²) >= 11 is 0. The van der Waals surface area contributed by atoms with Gasteiger partial charge in [-0.15, -0.1) is 24.0 Å². The van der Waals surface area contributed by atoms with Crippen LogP contribution < -0.4 is 25.3 Å². The van der Waals surface area contributed by atoms with Crippen LogP contribution in [0.15, 0.2) is 47.6 Å². The molecule has 0 fully saturated rings. The molecule has 0 unspecified atom stereocenters. The lowest BCUT2D eigenvalue weighted by Crippen LogP contribution is -2.33. The van der Waals surface area contributed by atoms with Crippen molar-refractivity contribution >= 4 is 29.9 Å². The number of aromatic nitrogens is 1. The SMILES string of the molecule is COc1cc(OC)cc(OCCCN=C(N)NCCc2ccccn2)c1.I. The molecule has 2 rings (SSSR count). The van der Waals surface area contributed by atoms with E-state index >= 15 is 0 Å². The number of pyridine rings is 1. The normalized spacial score (nSPS) is 10.7. The molecule has 0 aliphatic heterocycles. The van der Waals surface area contributed by atoms with Gasteiger partial charge in [-0.05, 0) is 12.1 Å². The zero-order chi connectivity index (χ0) is 18.6. The first-order chi connectivity index (χ1) is 12.7. The average Bonchev–Trinajstić information content (AvgIpc) is 2.68. The fraction of sp³-hybridized carbons (Fsp3) is 0.368. The zero-order valence-electron chi connectivity index (χ0n) is 15.7. The van der Waals surface area contributed by atoms with E-state index in [1.807, 2.05) is 30.3 Å². The Morgan fingerprint density at radius 1 is 1.11 bits per heavy atom. The molecule has 0 saturated carbocycles. The second-order valence-corrected chi connectivity index (χ2v) is 5.52. The Morgan fingerprint density at radius 3 is 2.44 bits per heavy atom. The van der Waals surface area contributed by atoms with Gasteiger partial charge in [0.05, 0.1) is 20.8 Å². The van der Waals surface area contributed by atoms with Gasteiger partial charge in [0.25, 0.3) is 0 Å². The number of ether oxygens (including phenoxy) is 3. The lowest BCUT2D eigenvalue weighted by Gasteiger charge is -2.10. The minimum Gasteiger partial charge on any atom is -0.496 e. The van der Waals surface area contributed by atoms with E-state index in [1.54, 1.807) is 26.5 Å². The second-order valence-electron chi connectivity index (χ2n) is 5.52. The highest BCUT2D eigenvalue weighted by Crippen LogP contribution is 2.27. The number of hydrogen-bond donors (Lipinski definition) is 2. The smallest absolute Gasteiger partial charge is 0.188 e. The van der Waals surface area contributed by atoms with E-state index in [0.29, 0.717) is 42.9 Å². The predicted molar refractivity (Wildman–Crippen MR) is 118 cm³/mol. The number of guanidine groups is 1. The fourth-order valence-electron chi connectivity index (χ4n) is 2.24. The van der Waals surface area contributed by atoms with E-state index in [4.69, 9.17) is 19.9 Å². The number of benzene rings is 1. The van der Waals surface area contributed by atoms with Gasteiger partial charge >= 0.3 is 0 Å². The molecule has 27 heavy (non-hydrogen) atoms. The first kappa shape index (κ1) is 22.8. The van der Waals surface area contributed by atoms with Gasteiger partial charge in [-0.25, -0.2) is 0 Å². The average molecular weight is 486 g/mol. The Labute approximate surface area is 177 Å². The Kier molecular flexibility index (Phi) is 11.0. The van der Waals surface area contributed by atoms with Crippen LogP contribution in [0.25, 0.3) is 0 Å². The summed E-state index contributed by atoms with van der Waals surface area (Å²) in [5.41, 5.74) is 6.87. The van der Waals surface area contributed by atoms with E-state index in [1.165, 1.54) is 0 Å². The van der Waals surface area contributed by atoms with Gasteiger partial charge in [-0.2, -0.15) is 0 Å². The summed E-state index contributed by atoms with van der Waals surface area (Å²) in [4.78, 5) is 8.55. The van der Waals surface area contributed by atoms with E-state index in [-0.39, 0.29) is 24.0 Å². The van der Waals surface area contributed by atoms with Gasteiger partial charge < -0.3 is 25.3 Å². The number of nitrogens with one attached hydrogen (secondary N) is 1. The van der Waals surface area contributed by atoms with Gasteiger partial charge in [0, 0.05) is 56.0 Å². The van der Waals surface area contributed by atoms with Gasteiger partial charge in [-0.3, -0.25) is 9.98 Å². The van der Waals surface area contributed by atoms with Crippen molar-refractivity contribution in [3.05, 3.63) is 48.3 Å². The standard InChI is InChI=1S/C19H26N4O3.HI/c1-24-16-12-17(25-2)14-18(13-16)26-11-5-9-22-19(20)23-10-7-15-6-3-4-8-21-15;/h3-4,6,8,12-14H,5,7,9-11H2,1-2H3,(H3,20,22,23);1H. The van der Waals surface area contributed by atoms with Crippen LogP contribution in [0.1, 0.15) is 12.1 Å². The summed E-state index contributed by atoms with van der Waals surface area (Å²) < 4.78 is 16.1. The molecular formula is C19H27IN4O3. The van der Waals surface area contributed by atoms with Crippen LogP contribution in [0.2, 0.25) is 0 Å². The lowest BCUT2D eigenvalue weighted by molar-refractivity contribution is 0.307. The minimum absolute atomic E-state index is 0. The molecular weight excluding hydrogens is 459 g/mol. The van der Waals surface area contributed by atoms with Crippen molar-refractivity contribution in [3.63, 3.8) is 0 Å². The van der Waals surface area contributed by atoms with Crippen molar-refractivity contribution in [1.82, 2.24) is 10.3 Å². The van der Waals surface area contributed by atoms with Crippen molar-refractivity contribution in [3.8, 4) is 17.2 Å². The molecule has 2 aromatic rings. The van der Waals surface area contributed by atoms with Crippen molar-refractivity contribution in [2.45, 2.75) is 12.8 Å². The largest absolute Gasteiger partial charge is 0.496 e. The summed E-state index contributed by atoms with van der Waals surface area (Å²) in [5, 5.41) is 3.08. The maximum absolute atomic E-state index is 5.85. The third kappa shape index (κ3) is 8.80. The van der Waals surface area contributed by atoms with Gasteiger partial charge in [0.1, 0.15) is 17.2 Å². The first-order valence-corrected chi connectivity index (χ1v) is 8.51. The van der Waals surface area contributed by atoms with Gasteiger partial charge in [-0.1, -0.05) is 6.07 Å². The van der Waals surface area contributed by atoms with Crippen LogP contribution in [-0.4, -0.2) is 44.9 Å². The fourth-order valence-corrected chi connectivity index (χ4v) is 2.24. The molecule has 0 bridgehead atoms. The number of nitrogens with two attached hydrogens (primary N) is 1. The Hall–Kier alpha value is -2.23. The van der Waals surface area contributed by atoms with E-state index in [0.717, 1.165) is 18.5 Å². The molecule has 7 nitrogen and oxygen atoms in total.